The monoisotopic (exact) mass is 329 g/mol. The Morgan fingerprint density at radius 3 is 2.77 bits per heavy atom. The fourth-order valence-corrected chi connectivity index (χ4v) is 3.60. The predicted octanol–water partition coefficient (Wildman–Crippen LogP) is 1.28. The summed E-state index contributed by atoms with van der Waals surface area (Å²) < 4.78 is 39.8. The van der Waals surface area contributed by atoms with Gasteiger partial charge in [0.25, 0.3) is 10.2 Å². The number of piperidine rings is 1. The number of anilines is 1. The van der Waals surface area contributed by atoms with Crippen molar-refractivity contribution in [3.63, 3.8) is 0 Å². The van der Waals surface area contributed by atoms with Gasteiger partial charge in [0.05, 0.1) is 5.92 Å². The van der Waals surface area contributed by atoms with Crippen molar-refractivity contribution < 1.29 is 17.6 Å². The Morgan fingerprint density at radius 2 is 2.14 bits per heavy atom. The van der Waals surface area contributed by atoms with Crippen molar-refractivity contribution in [2.75, 3.05) is 32.5 Å². The van der Waals surface area contributed by atoms with Crippen LogP contribution >= 0.6 is 0 Å². The molecule has 0 radical (unpaired) electrons. The Balaban J connectivity index is 2.04. The van der Waals surface area contributed by atoms with Crippen LogP contribution in [0.1, 0.15) is 12.8 Å². The molecular formula is C14H20FN3O3S. The largest absolute Gasteiger partial charge is 0.326 e. The van der Waals surface area contributed by atoms with Gasteiger partial charge in [0.2, 0.25) is 5.91 Å². The van der Waals surface area contributed by atoms with Crippen molar-refractivity contribution >= 4 is 21.8 Å². The van der Waals surface area contributed by atoms with E-state index < -0.39 is 21.9 Å². The molecule has 1 aliphatic heterocycles. The molecule has 1 amide bonds. The highest BCUT2D eigenvalue weighted by Crippen LogP contribution is 2.22. The summed E-state index contributed by atoms with van der Waals surface area (Å²) in [6.45, 7) is 0.548. The highest BCUT2D eigenvalue weighted by atomic mass is 32.2. The standard InChI is InChI=1S/C14H20FN3O3S/c1-17(2)22(20,21)18-8-4-5-11(10-18)14(19)16-13-7-3-6-12(15)9-13/h3,6-7,9,11H,4-5,8,10H2,1-2H3,(H,16,19). The number of rotatable bonds is 4. The van der Waals surface area contributed by atoms with Gasteiger partial charge in [-0.1, -0.05) is 6.07 Å². The van der Waals surface area contributed by atoms with Crippen LogP contribution in [0.5, 0.6) is 0 Å². The van der Waals surface area contributed by atoms with Gasteiger partial charge in [-0.2, -0.15) is 17.0 Å². The molecule has 0 saturated carbocycles. The van der Waals surface area contributed by atoms with Crippen LogP contribution in [-0.2, 0) is 15.0 Å². The third-order valence-corrected chi connectivity index (χ3v) is 5.54. The lowest BCUT2D eigenvalue weighted by molar-refractivity contribution is -0.120. The van der Waals surface area contributed by atoms with Gasteiger partial charge in [-0.3, -0.25) is 4.79 Å². The van der Waals surface area contributed by atoms with Crippen LogP contribution < -0.4 is 5.32 Å². The summed E-state index contributed by atoms with van der Waals surface area (Å²) in [5.74, 6) is -1.16. The summed E-state index contributed by atoms with van der Waals surface area (Å²) in [4.78, 5) is 12.3. The van der Waals surface area contributed by atoms with Gasteiger partial charge in [0.1, 0.15) is 5.82 Å². The van der Waals surface area contributed by atoms with Crippen LogP contribution in [0.2, 0.25) is 0 Å². The second-order valence-corrected chi connectivity index (χ2v) is 7.63. The average molecular weight is 329 g/mol. The van der Waals surface area contributed by atoms with Crippen LogP contribution in [0.15, 0.2) is 24.3 Å². The number of nitrogens with one attached hydrogen (secondary N) is 1. The Morgan fingerprint density at radius 1 is 1.41 bits per heavy atom. The van der Waals surface area contributed by atoms with Crippen LogP contribution in [0.25, 0.3) is 0 Å². The normalized spacial score (nSPS) is 20.1. The summed E-state index contributed by atoms with van der Waals surface area (Å²) in [5.41, 5.74) is 0.373. The highest BCUT2D eigenvalue weighted by molar-refractivity contribution is 7.86. The van der Waals surface area contributed by atoms with Crippen molar-refractivity contribution in [1.29, 1.82) is 0 Å². The van der Waals surface area contributed by atoms with Gasteiger partial charge < -0.3 is 5.32 Å². The molecular weight excluding hydrogens is 309 g/mol. The molecule has 0 bridgehead atoms. The molecule has 6 nitrogen and oxygen atoms in total. The molecule has 1 aromatic rings. The van der Waals surface area contributed by atoms with Crippen LogP contribution in [0.4, 0.5) is 10.1 Å². The molecule has 1 saturated heterocycles. The predicted molar refractivity (Wildman–Crippen MR) is 81.9 cm³/mol. The molecule has 0 spiro atoms. The summed E-state index contributed by atoms with van der Waals surface area (Å²) >= 11 is 0. The van der Waals surface area contributed by atoms with E-state index in [1.54, 1.807) is 6.07 Å². The van der Waals surface area contributed by atoms with Crippen molar-refractivity contribution in [2.45, 2.75) is 12.8 Å². The van der Waals surface area contributed by atoms with Crippen molar-refractivity contribution in [3.05, 3.63) is 30.1 Å². The first-order valence-electron chi connectivity index (χ1n) is 7.05. The first-order chi connectivity index (χ1) is 10.3. The van der Waals surface area contributed by atoms with Gasteiger partial charge in [-0.25, -0.2) is 4.39 Å². The van der Waals surface area contributed by atoms with E-state index in [4.69, 9.17) is 0 Å². The zero-order chi connectivity index (χ0) is 16.3. The Kier molecular flexibility index (Phi) is 5.15. The third-order valence-electron chi connectivity index (χ3n) is 3.63. The second-order valence-electron chi connectivity index (χ2n) is 5.49. The maximum atomic E-state index is 13.1. The molecule has 1 heterocycles. The van der Waals surface area contributed by atoms with E-state index in [-0.39, 0.29) is 12.5 Å². The van der Waals surface area contributed by atoms with Crippen molar-refractivity contribution in [2.24, 2.45) is 5.92 Å². The lowest BCUT2D eigenvalue weighted by Crippen LogP contribution is -2.47. The van der Waals surface area contributed by atoms with E-state index in [9.17, 15) is 17.6 Å². The SMILES string of the molecule is CN(C)S(=O)(=O)N1CCCC(C(=O)Nc2cccc(F)c2)C1. The lowest BCUT2D eigenvalue weighted by Gasteiger charge is -2.32. The van der Waals surface area contributed by atoms with Crippen LogP contribution in [0, 0.1) is 11.7 Å². The number of nitrogens with zero attached hydrogens (tertiary/aromatic N) is 2. The molecule has 1 fully saturated rings. The minimum atomic E-state index is -3.52. The minimum absolute atomic E-state index is 0.141. The molecule has 0 aromatic heterocycles. The quantitative estimate of drug-likeness (QED) is 0.905. The Hall–Kier alpha value is -1.51. The first-order valence-corrected chi connectivity index (χ1v) is 8.44. The maximum Gasteiger partial charge on any atom is 0.281 e. The van der Waals surface area contributed by atoms with Gasteiger partial charge in [-0.15, -0.1) is 0 Å². The molecule has 2 rings (SSSR count). The second kappa shape index (κ2) is 6.72. The molecule has 8 heteroatoms. The van der Waals surface area contributed by atoms with E-state index in [0.29, 0.717) is 25.1 Å². The van der Waals surface area contributed by atoms with Crippen molar-refractivity contribution in [1.82, 2.24) is 8.61 Å². The average Bonchev–Trinajstić information content (AvgIpc) is 2.47. The number of amides is 1. The molecule has 1 aromatic carbocycles. The molecule has 1 aliphatic rings. The van der Waals surface area contributed by atoms with Gasteiger partial charge in [-0.05, 0) is 31.0 Å². The lowest BCUT2D eigenvalue weighted by atomic mass is 9.99. The topological polar surface area (TPSA) is 69.7 Å². The Labute approximate surface area is 130 Å². The summed E-state index contributed by atoms with van der Waals surface area (Å²) in [7, 11) is -0.591. The minimum Gasteiger partial charge on any atom is -0.326 e. The zero-order valence-corrected chi connectivity index (χ0v) is 13.4. The van der Waals surface area contributed by atoms with E-state index in [1.165, 1.54) is 36.6 Å². The summed E-state index contributed by atoms with van der Waals surface area (Å²) in [5, 5.41) is 2.64. The van der Waals surface area contributed by atoms with Crippen molar-refractivity contribution in [3.8, 4) is 0 Å². The fraction of sp³-hybridized carbons (Fsp3) is 0.500. The Bertz CT molecular complexity index is 648. The van der Waals surface area contributed by atoms with E-state index >= 15 is 0 Å². The molecule has 0 aliphatic carbocycles. The van der Waals surface area contributed by atoms with Gasteiger partial charge in [0, 0.05) is 32.9 Å². The zero-order valence-electron chi connectivity index (χ0n) is 12.6. The van der Waals surface area contributed by atoms with E-state index in [0.717, 1.165) is 4.31 Å². The number of benzene rings is 1. The van der Waals surface area contributed by atoms with Gasteiger partial charge in [0.15, 0.2) is 0 Å². The number of hydrogen-bond acceptors (Lipinski definition) is 3. The number of carbonyl (C=O) groups excluding carboxylic acids is 1. The maximum absolute atomic E-state index is 13.1. The molecule has 122 valence electrons. The smallest absolute Gasteiger partial charge is 0.281 e. The fourth-order valence-electron chi connectivity index (χ4n) is 2.41. The van der Waals surface area contributed by atoms with Crippen LogP contribution in [-0.4, -0.2) is 50.1 Å². The summed E-state index contributed by atoms with van der Waals surface area (Å²) in [6, 6.07) is 5.63. The van der Waals surface area contributed by atoms with Gasteiger partial charge >= 0.3 is 0 Å². The first kappa shape index (κ1) is 16.9. The number of halogens is 1. The molecule has 22 heavy (non-hydrogen) atoms. The van der Waals surface area contributed by atoms with E-state index in [1.807, 2.05) is 0 Å². The molecule has 1 unspecified atom stereocenters. The third kappa shape index (κ3) is 3.82. The highest BCUT2D eigenvalue weighted by Gasteiger charge is 2.33. The number of hydrogen-bond donors (Lipinski definition) is 1. The van der Waals surface area contributed by atoms with E-state index in [2.05, 4.69) is 5.32 Å². The summed E-state index contributed by atoms with van der Waals surface area (Å²) in [6.07, 6.45) is 1.23. The molecule has 1 N–H and O–H groups in total. The molecule has 1 atom stereocenters. The van der Waals surface area contributed by atoms with Crippen LogP contribution in [0.3, 0.4) is 0 Å². The number of carbonyl (C=O) groups is 1.